The molecule has 0 aliphatic carbocycles. The molecule has 0 aliphatic rings. The monoisotopic (exact) mass is 382 g/mol. The number of halogens is 1. The average molecular weight is 383 g/mol. The number of amides is 1. The topological polar surface area (TPSA) is 79.0 Å². The smallest absolute Gasteiger partial charge is 0.226 e. The van der Waals surface area contributed by atoms with Gasteiger partial charge >= 0.3 is 0 Å². The van der Waals surface area contributed by atoms with Gasteiger partial charge in [-0.05, 0) is 30.3 Å². The van der Waals surface area contributed by atoms with Gasteiger partial charge in [0.1, 0.15) is 0 Å². The van der Waals surface area contributed by atoms with Crippen LogP contribution in [-0.2, 0) is 11.2 Å². The maximum atomic E-state index is 12.3. The summed E-state index contributed by atoms with van der Waals surface area (Å²) in [4.78, 5) is 30.0. The number of H-pyrrole nitrogens is 1. The van der Waals surface area contributed by atoms with E-state index in [1.54, 1.807) is 56.7 Å². The first-order valence-electron chi connectivity index (χ1n) is 8.53. The first-order chi connectivity index (χ1) is 13.0. The van der Waals surface area contributed by atoms with E-state index in [2.05, 4.69) is 15.2 Å². The third kappa shape index (κ3) is 4.23. The van der Waals surface area contributed by atoms with Crippen LogP contribution < -0.4 is 4.90 Å². The molecule has 6 nitrogen and oxygen atoms in total. The van der Waals surface area contributed by atoms with Crippen molar-refractivity contribution in [3.63, 3.8) is 0 Å². The van der Waals surface area contributed by atoms with Crippen molar-refractivity contribution in [2.75, 3.05) is 11.9 Å². The highest BCUT2D eigenvalue weighted by Crippen LogP contribution is 2.30. The van der Waals surface area contributed by atoms with E-state index >= 15 is 0 Å². The van der Waals surface area contributed by atoms with Gasteiger partial charge in [0.2, 0.25) is 5.91 Å². The summed E-state index contributed by atoms with van der Waals surface area (Å²) in [6.07, 6.45) is 3.83. The van der Waals surface area contributed by atoms with Crippen molar-refractivity contribution in [2.24, 2.45) is 0 Å². The minimum Gasteiger partial charge on any atom is -0.314 e. The Morgan fingerprint density at radius 3 is 2.59 bits per heavy atom. The second kappa shape index (κ2) is 8.14. The van der Waals surface area contributed by atoms with Gasteiger partial charge in [-0.3, -0.25) is 19.7 Å². The molecule has 0 aliphatic heterocycles. The molecule has 0 fully saturated rings. The fourth-order valence-corrected chi connectivity index (χ4v) is 3.00. The largest absolute Gasteiger partial charge is 0.314 e. The first-order valence-corrected chi connectivity index (χ1v) is 8.91. The highest BCUT2D eigenvalue weighted by Gasteiger charge is 2.14. The summed E-state index contributed by atoms with van der Waals surface area (Å²) in [5.74, 6) is -0.0470. The van der Waals surface area contributed by atoms with E-state index in [9.17, 15) is 9.59 Å². The van der Waals surface area contributed by atoms with Crippen LogP contribution in [0.3, 0.4) is 0 Å². The minimum absolute atomic E-state index is 0.0112. The number of aromatic amines is 1. The van der Waals surface area contributed by atoms with Crippen molar-refractivity contribution in [1.29, 1.82) is 0 Å². The number of nitrogens with one attached hydrogen (secondary N) is 1. The fourth-order valence-electron chi connectivity index (χ4n) is 2.70. The maximum Gasteiger partial charge on any atom is 0.226 e. The summed E-state index contributed by atoms with van der Waals surface area (Å²) in [5.41, 5.74) is 3.46. The van der Waals surface area contributed by atoms with Crippen molar-refractivity contribution in [3.8, 4) is 11.3 Å². The molecule has 0 bridgehead atoms. The van der Waals surface area contributed by atoms with E-state index in [1.165, 1.54) is 4.90 Å². The van der Waals surface area contributed by atoms with Gasteiger partial charge < -0.3 is 4.90 Å². The molecule has 7 heteroatoms. The number of rotatable bonds is 6. The third-order valence-corrected chi connectivity index (χ3v) is 4.58. The van der Waals surface area contributed by atoms with Crippen LogP contribution in [0, 0.1) is 0 Å². The molecular weight excluding hydrogens is 364 g/mol. The minimum atomic E-state index is -0.0358. The Labute approximate surface area is 162 Å². The number of hydrogen-bond donors (Lipinski definition) is 1. The van der Waals surface area contributed by atoms with E-state index in [-0.39, 0.29) is 18.1 Å². The van der Waals surface area contributed by atoms with Crippen molar-refractivity contribution < 1.29 is 9.59 Å². The lowest BCUT2D eigenvalue weighted by Gasteiger charge is -2.18. The number of pyridine rings is 1. The maximum absolute atomic E-state index is 12.3. The standard InChI is InChI=1S/C20H19ClN4O2/c1-3-20(27)25(2)18-7-5-13(10-16(18)21)17-6-4-14(12-22-17)19(26)11-15-8-9-23-24-15/h4-10,12H,3,11H2,1-2H3,(H,23,24). The van der Waals surface area contributed by atoms with Gasteiger partial charge in [0, 0.05) is 42.7 Å². The van der Waals surface area contributed by atoms with Gasteiger partial charge in [-0.2, -0.15) is 5.10 Å². The van der Waals surface area contributed by atoms with Gasteiger partial charge in [-0.15, -0.1) is 0 Å². The van der Waals surface area contributed by atoms with E-state index < -0.39 is 0 Å². The molecular formula is C20H19ClN4O2. The number of carbonyl (C=O) groups excluding carboxylic acids is 2. The zero-order valence-corrected chi connectivity index (χ0v) is 15.8. The predicted octanol–water partition coefficient (Wildman–Crippen LogP) is 3.92. The molecule has 3 aromatic rings. The van der Waals surface area contributed by atoms with Crippen LogP contribution in [0.2, 0.25) is 5.02 Å². The SMILES string of the molecule is CCC(=O)N(C)c1ccc(-c2ccc(C(=O)Cc3ccn[nH]3)cn2)cc1Cl. The lowest BCUT2D eigenvalue weighted by Crippen LogP contribution is -2.25. The number of benzene rings is 1. The number of anilines is 1. The van der Waals surface area contributed by atoms with E-state index in [1.807, 2.05) is 6.07 Å². The van der Waals surface area contributed by atoms with Gasteiger partial charge in [-0.25, -0.2) is 0 Å². The van der Waals surface area contributed by atoms with Crippen molar-refractivity contribution in [3.05, 3.63) is 65.1 Å². The normalized spacial score (nSPS) is 10.6. The summed E-state index contributed by atoms with van der Waals surface area (Å²) in [6, 6.07) is 10.7. The van der Waals surface area contributed by atoms with Crippen LogP contribution in [-0.4, -0.2) is 33.9 Å². The average Bonchev–Trinajstić information content (AvgIpc) is 3.19. The number of aromatic nitrogens is 3. The summed E-state index contributed by atoms with van der Waals surface area (Å²) in [7, 11) is 1.70. The van der Waals surface area contributed by atoms with Crippen molar-refractivity contribution in [2.45, 2.75) is 19.8 Å². The number of nitrogens with zero attached hydrogens (tertiary/aromatic N) is 3. The molecule has 2 heterocycles. The molecule has 0 radical (unpaired) electrons. The van der Waals surface area contributed by atoms with Crippen LogP contribution in [0.1, 0.15) is 29.4 Å². The van der Waals surface area contributed by atoms with E-state index in [0.717, 1.165) is 11.3 Å². The van der Waals surface area contributed by atoms with E-state index in [4.69, 9.17) is 11.6 Å². The van der Waals surface area contributed by atoms with Crippen molar-refractivity contribution >= 4 is 29.0 Å². The Balaban J connectivity index is 1.78. The molecule has 1 aromatic carbocycles. The van der Waals surface area contributed by atoms with Crippen LogP contribution in [0.5, 0.6) is 0 Å². The van der Waals surface area contributed by atoms with Gasteiger partial charge in [0.25, 0.3) is 0 Å². The second-order valence-corrected chi connectivity index (χ2v) is 6.49. The molecule has 3 rings (SSSR count). The van der Waals surface area contributed by atoms with Crippen LogP contribution in [0.15, 0.2) is 48.8 Å². The lowest BCUT2D eigenvalue weighted by molar-refractivity contribution is -0.118. The summed E-state index contributed by atoms with van der Waals surface area (Å²) >= 11 is 6.35. The molecule has 1 N–H and O–H groups in total. The van der Waals surface area contributed by atoms with Gasteiger partial charge in [0.05, 0.1) is 22.8 Å². The molecule has 0 atom stereocenters. The molecule has 2 aromatic heterocycles. The molecule has 0 saturated heterocycles. The Bertz CT molecular complexity index is 953. The molecule has 0 saturated carbocycles. The quantitative estimate of drug-likeness (QED) is 0.655. The third-order valence-electron chi connectivity index (χ3n) is 4.28. The zero-order chi connectivity index (χ0) is 19.4. The fraction of sp³-hybridized carbons (Fsp3) is 0.200. The number of hydrogen-bond acceptors (Lipinski definition) is 4. The molecule has 1 amide bonds. The Morgan fingerprint density at radius 2 is 2.00 bits per heavy atom. The van der Waals surface area contributed by atoms with Crippen molar-refractivity contribution in [1.82, 2.24) is 15.2 Å². The molecule has 27 heavy (non-hydrogen) atoms. The Morgan fingerprint density at radius 1 is 1.19 bits per heavy atom. The molecule has 0 unspecified atom stereocenters. The van der Waals surface area contributed by atoms with Gasteiger partial charge in [-0.1, -0.05) is 24.6 Å². The summed E-state index contributed by atoms with van der Waals surface area (Å²) < 4.78 is 0. The second-order valence-electron chi connectivity index (χ2n) is 6.09. The number of ketones is 1. The lowest BCUT2D eigenvalue weighted by atomic mass is 10.1. The molecule has 138 valence electrons. The predicted molar refractivity (Wildman–Crippen MR) is 105 cm³/mol. The Kier molecular flexibility index (Phi) is 5.66. The summed E-state index contributed by atoms with van der Waals surface area (Å²) in [5, 5.41) is 7.08. The summed E-state index contributed by atoms with van der Waals surface area (Å²) in [6.45, 7) is 1.81. The number of Topliss-reactive ketones (excluding diaryl/α,β-unsaturated/α-hetero) is 1. The molecule has 0 spiro atoms. The van der Waals surface area contributed by atoms with Crippen LogP contribution in [0.25, 0.3) is 11.3 Å². The van der Waals surface area contributed by atoms with Crippen LogP contribution >= 0.6 is 11.6 Å². The highest BCUT2D eigenvalue weighted by atomic mass is 35.5. The highest BCUT2D eigenvalue weighted by molar-refractivity contribution is 6.34. The number of carbonyl (C=O) groups is 2. The van der Waals surface area contributed by atoms with Gasteiger partial charge in [0.15, 0.2) is 5.78 Å². The van der Waals surface area contributed by atoms with E-state index in [0.29, 0.717) is 28.4 Å². The van der Waals surface area contributed by atoms with Crippen LogP contribution in [0.4, 0.5) is 5.69 Å². The zero-order valence-electron chi connectivity index (χ0n) is 15.1. The Hall–Kier alpha value is -2.99. The first kappa shape index (κ1) is 18.8.